The lowest BCUT2D eigenvalue weighted by atomic mass is 10.0. The molecule has 0 bridgehead atoms. The molecule has 1 aromatic heterocycles. The van der Waals surface area contributed by atoms with E-state index in [9.17, 15) is 9.59 Å². The molecule has 0 spiro atoms. The van der Waals surface area contributed by atoms with E-state index >= 15 is 0 Å². The van der Waals surface area contributed by atoms with Gasteiger partial charge in [-0.3, -0.25) is 4.79 Å². The summed E-state index contributed by atoms with van der Waals surface area (Å²) in [6.45, 7) is 1.38. The first-order chi connectivity index (χ1) is 8.08. The first-order valence-electron chi connectivity index (χ1n) is 4.87. The van der Waals surface area contributed by atoms with E-state index in [0.29, 0.717) is 11.1 Å². The van der Waals surface area contributed by atoms with Crippen LogP contribution in [0.5, 0.6) is 0 Å². The molecule has 86 valence electrons. The minimum Gasteiger partial charge on any atom is -0.478 e. The Morgan fingerprint density at radius 3 is 2.47 bits per heavy atom. The van der Waals surface area contributed by atoms with Crippen LogP contribution >= 0.6 is 0 Å². The summed E-state index contributed by atoms with van der Waals surface area (Å²) in [6, 6.07) is 4.30. The van der Waals surface area contributed by atoms with Crippen molar-refractivity contribution in [2.75, 3.05) is 0 Å². The zero-order chi connectivity index (χ0) is 12.4. The number of carbonyl (C=O) groups is 2. The molecule has 2 aromatic rings. The van der Waals surface area contributed by atoms with Gasteiger partial charge >= 0.3 is 5.97 Å². The molecule has 0 atom stereocenters. The number of benzene rings is 1. The predicted molar refractivity (Wildman–Crippen MR) is 58.9 cm³/mol. The number of hydrogen-bond donors (Lipinski definition) is 1. The van der Waals surface area contributed by atoms with Gasteiger partial charge in [-0.05, 0) is 25.1 Å². The number of nitrogens with zero attached hydrogens (tertiary/aromatic N) is 1. The van der Waals surface area contributed by atoms with Crippen LogP contribution < -0.4 is 0 Å². The Bertz CT molecular complexity index is 540. The highest BCUT2D eigenvalue weighted by molar-refractivity contribution is 5.99. The van der Waals surface area contributed by atoms with E-state index in [1.54, 1.807) is 6.07 Å². The van der Waals surface area contributed by atoms with Gasteiger partial charge in [-0.25, -0.2) is 9.78 Å². The number of aromatic carboxylic acids is 1. The van der Waals surface area contributed by atoms with Crippen molar-refractivity contribution in [3.05, 3.63) is 41.8 Å². The summed E-state index contributed by atoms with van der Waals surface area (Å²) < 4.78 is 5.07. The zero-order valence-electron chi connectivity index (χ0n) is 9.01. The minimum atomic E-state index is -1.10. The number of carbonyl (C=O) groups excluding carboxylic acids is 1. The third-order valence-corrected chi connectivity index (χ3v) is 2.27. The fraction of sp³-hybridized carbons (Fsp3) is 0.0833. The van der Waals surface area contributed by atoms with Gasteiger partial charge in [0.1, 0.15) is 6.26 Å². The molecule has 5 heteroatoms. The third kappa shape index (κ3) is 2.23. The van der Waals surface area contributed by atoms with E-state index in [-0.39, 0.29) is 17.2 Å². The Morgan fingerprint density at radius 1 is 1.24 bits per heavy atom. The Morgan fingerprint density at radius 2 is 1.94 bits per heavy atom. The Kier molecular flexibility index (Phi) is 2.74. The molecule has 17 heavy (non-hydrogen) atoms. The maximum atomic E-state index is 11.3. The van der Waals surface area contributed by atoms with Crippen molar-refractivity contribution >= 4 is 11.8 Å². The number of Topliss-reactive ketones (excluding diaryl/α,β-unsaturated/α-hetero) is 1. The minimum absolute atomic E-state index is 0.0332. The lowest BCUT2D eigenvalue weighted by Gasteiger charge is -2.02. The zero-order valence-corrected chi connectivity index (χ0v) is 9.01. The van der Waals surface area contributed by atoms with Gasteiger partial charge in [0.25, 0.3) is 0 Å². The highest BCUT2D eigenvalue weighted by Crippen LogP contribution is 2.21. The number of hydrogen-bond acceptors (Lipinski definition) is 4. The van der Waals surface area contributed by atoms with Gasteiger partial charge in [0.2, 0.25) is 5.89 Å². The summed E-state index contributed by atoms with van der Waals surface area (Å²) in [6.07, 6.45) is 2.84. The van der Waals surface area contributed by atoms with Crippen LogP contribution in [0.25, 0.3) is 11.5 Å². The van der Waals surface area contributed by atoms with Crippen molar-refractivity contribution < 1.29 is 19.1 Å². The molecule has 0 aliphatic rings. The Hall–Kier alpha value is -2.43. The molecule has 0 radical (unpaired) electrons. The number of aromatic nitrogens is 1. The molecule has 0 unspecified atom stereocenters. The van der Waals surface area contributed by atoms with E-state index in [1.165, 1.54) is 31.5 Å². The van der Waals surface area contributed by atoms with E-state index in [1.807, 2.05) is 0 Å². The molecule has 0 aliphatic heterocycles. The molecule has 0 aliphatic carbocycles. The maximum Gasteiger partial charge on any atom is 0.335 e. The predicted octanol–water partition coefficient (Wildman–Crippen LogP) is 2.24. The van der Waals surface area contributed by atoms with Gasteiger partial charge in [-0.15, -0.1) is 0 Å². The second-order valence-corrected chi connectivity index (χ2v) is 3.50. The number of ketones is 1. The summed E-state index contributed by atoms with van der Waals surface area (Å²) in [5.41, 5.74) is 0.823. The fourth-order valence-electron chi connectivity index (χ4n) is 1.44. The van der Waals surface area contributed by atoms with Gasteiger partial charge in [0.05, 0.1) is 11.8 Å². The van der Waals surface area contributed by atoms with E-state index < -0.39 is 5.97 Å². The van der Waals surface area contributed by atoms with Crippen LogP contribution in [0.4, 0.5) is 0 Å². The van der Waals surface area contributed by atoms with Crippen molar-refractivity contribution in [2.45, 2.75) is 6.92 Å². The van der Waals surface area contributed by atoms with Crippen LogP contribution in [-0.4, -0.2) is 21.8 Å². The van der Waals surface area contributed by atoms with Crippen LogP contribution in [-0.2, 0) is 0 Å². The summed E-state index contributed by atoms with van der Waals surface area (Å²) >= 11 is 0. The molecule has 0 saturated carbocycles. The largest absolute Gasteiger partial charge is 0.478 e. The highest BCUT2D eigenvalue weighted by atomic mass is 16.4. The number of carboxylic acids is 1. The monoisotopic (exact) mass is 231 g/mol. The van der Waals surface area contributed by atoms with Crippen LogP contribution in [0, 0.1) is 0 Å². The molecule has 0 saturated heterocycles. The summed E-state index contributed by atoms with van der Waals surface area (Å²) in [5, 5.41) is 8.95. The Labute approximate surface area is 96.7 Å². The van der Waals surface area contributed by atoms with Crippen LogP contribution in [0.3, 0.4) is 0 Å². The normalized spacial score (nSPS) is 10.2. The SMILES string of the molecule is CC(=O)c1cc(C(=O)O)cc(-c2ncco2)c1. The second kappa shape index (κ2) is 4.21. The van der Waals surface area contributed by atoms with E-state index in [4.69, 9.17) is 9.52 Å². The second-order valence-electron chi connectivity index (χ2n) is 3.50. The van der Waals surface area contributed by atoms with Crippen molar-refractivity contribution in [1.82, 2.24) is 4.98 Å². The summed E-state index contributed by atoms with van der Waals surface area (Å²) in [7, 11) is 0. The third-order valence-electron chi connectivity index (χ3n) is 2.27. The molecule has 0 amide bonds. The van der Waals surface area contributed by atoms with Crippen LogP contribution in [0.2, 0.25) is 0 Å². The lowest BCUT2D eigenvalue weighted by molar-refractivity contribution is 0.0697. The first-order valence-corrected chi connectivity index (χ1v) is 4.87. The van der Waals surface area contributed by atoms with Crippen molar-refractivity contribution in [3.8, 4) is 11.5 Å². The molecule has 0 fully saturated rings. The van der Waals surface area contributed by atoms with Gasteiger partial charge < -0.3 is 9.52 Å². The first kappa shape index (κ1) is 11.1. The summed E-state index contributed by atoms with van der Waals surface area (Å²) in [5.74, 6) is -1.02. The van der Waals surface area contributed by atoms with Crippen LogP contribution in [0.15, 0.2) is 35.1 Å². The molecule has 1 N–H and O–H groups in total. The molecular weight excluding hydrogens is 222 g/mol. The molecular formula is C12H9NO4. The van der Waals surface area contributed by atoms with E-state index in [2.05, 4.69) is 4.98 Å². The lowest BCUT2D eigenvalue weighted by Crippen LogP contribution is -2.01. The quantitative estimate of drug-likeness (QED) is 0.819. The average molecular weight is 231 g/mol. The van der Waals surface area contributed by atoms with Crippen LogP contribution in [0.1, 0.15) is 27.6 Å². The Balaban J connectivity index is 2.60. The average Bonchev–Trinajstić information content (AvgIpc) is 2.81. The molecule has 1 heterocycles. The van der Waals surface area contributed by atoms with Crippen molar-refractivity contribution in [1.29, 1.82) is 0 Å². The topological polar surface area (TPSA) is 80.4 Å². The molecule has 1 aromatic carbocycles. The smallest absolute Gasteiger partial charge is 0.335 e. The number of oxazole rings is 1. The molecule has 5 nitrogen and oxygen atoms in total. The van der Waals surface area contributed by atoms with Crippen molar-refractivity contribution in [3.63, 3.8) is 0 Å². The van der Waals surface area contributed by atoms with E-state index in [0.717, 1.165) is 0 Å². The standard InChI is InChI=1S/C12H9NO4/c1-7(14)8-4-9(11-13-2-3-17-11)6-10(5-8)12(15)16/h2-6H,1H3,(H,15,16). The van der Waals surface area contributed by atoms with Gasteiger partial charge in [0.15, 0.2) is 5.78 Å². The van der Waals surface area contributed by atoms with Gasteiger partial charge in [-0.1, -0.05) is 0 Å². The maximum absolute atomic E-state index is 11.3. The number of rotatable bonds is 3. The van der Waals surface area contributed by atoms with Crippen molar-refractivity contribution in [2.24, 2.45) is 0 Å². The van der Waals surface area contributed by atoms with Gasteiger partial charge in [-0.2, -0.15) is 0 Å². The fourth-order valence-corrected chi connectivity index (χ4v) is 1.44. The summed E-state index contributed by atoms with van der Waals surface area (Å²) in [4.78, 5) is 26.1. The number of carboxylic acid groups (broad SMARTS) is 1. The van der Waals surface area contributed by atoms with Gasteiger partial charge in [0, 0.05) is 11.1 Å². The molecule has 2 rings (SSSR count). The highest BCUT2D eigenvalue weighted by Gasteiger charge is 2.12.